The summed E-state index contributed by atoms with van der Waals surface area (Å²) in [7, 11) is -4.13. The van der Waals surface area contributed by atoms with Gasteiger partial charge in [0.05, 0.1) is 0 Å². The number of Topliss-reactive ketones (excluding diaryl/α,β-unsaturated/α-hetero) is 1. The molecule has 0 amide bonds. The second kappa shape index (κ2) is 17.1. The molecule has 4 aromatic rings. The van der Waals surface area contributed by atoms with Gasteiger partial charge in [-0.3, -0.25) is 9.59 Å². The first-order valence-electron chi connectivity index (χ1n) is 17.1. The van der Waals surface area contributed by atoms with E-state index in [1.807, 2.05) is 118 Å². The van der Waals surface area contributed by atoms with E-state index >= 15 is 0 Å². The average Bonchev–Trinajstić information content (AvgIpc) is 3.07. The second-order valence-electron chi connectivity index (χ2n) is 16.2. The Bertz CT molecular complexity index is 1660. The first-order valence-corrected chi connectivity index (χ1v) is 23.1. The van der Waals surface area contributed by atoms with E-state index in [1.54, 1.807) is 34.6 Å². The Morgan fingerprint density at radius 2 is 0.800 bits per heavy atom. The zero-order valence-electron chi connectivity index (χ0n) is 32.1. The summed E-state index contributed by atoms with van der Waals surface area (Å²) in [6, 6.07) is 39.6. The molecule has 50 heavy (non-hydrogen) atoms. The molecule has 0 fully saturated rings. The van der Waals surface area contributed by atoms with Crippen molar-refractivity contribution in [1.29, 1.82) is 0 Å². The number of hydrogen-bond acceptors (Lipinski definition) is 5. The maximum absolute atomic E-state index is 13.3. The Kier molecular flexibility index (Phi) is 14.4. The van der Waals surface area contributed by atoms with Gasteiger partial charge in [0.1, 0.15) is 19.1 Å². The molecule has 0 aliphatic rings. The van der Waals surface area contributed by atoms with Gasteiger partial charge in [0, 0.05) is 16.5 Å². The maximum Gasteiger partial charge on any atom is 0.375 e. The molecule has 5 nitrogen and oxygen atoms in total. The summed E-state index contributed by atoms with van der Waals surface area (Å²) in [4.78, 5) is 48.8. The van der Waals surface area contributed by atoms with Crippen LogP contribution in [0.3, 0.4) is 0 Å². The van der Waals surface area contributed by atoms with Crippen LogP contribution < -0.4 is 10.4 Å². The van der Waals surface area contributed by atoms with Gasteiger partial charge in [0.25, 0.3) is 0 Å². The van der Waals surface area contributed by atoms with E-state index in [1.165, 1.54) is 0 Å². The van der Waals surface area contributed by atoms with Crippen LogP contribution in [0.25, 0.3) is 0 Å². The molecule has 266 valence electrons. The minimum absolute atomic E-state index is 0.255. The summed E-state index contributed by atoms with van der Waals surface area (Å²) in [6.07, 6.45) is 0. The fourth-order valence-corrected chi connectivity index (χ4v) is 9.15. The highest BCUT2D eigenvalue weighted by atomic mass is 28.3. The second-order valence-corrected chi connectivity index (χ2v) is 25.0. The zero-order valence-corrected chi connectivity index (χ0v) is 34.1. The van der Waals surface area contributed by atoms with Gasteiger partial charge in [-0.05, 0) is 36.6 Å². The van der Waals surface area contributed by atoms with E-state index in [-0.39, 0.29) is 10.8 Å². The van der Waals surface area contributed by atoms with Crippen LogP contribution in [0.15, 0.2) is 121 Å². The minimum atomic E-state index is -2.48. The lowest BCUT2D eigenvalue weighted by molar-refractivity contribution is -0.168. The summed E-state index contributed by atoms with van der Waals surface area (Å²) in [5, 5.41) is 2.89. The number of rotatable bonds is 8. The van der Waals surface area contributed by atoms with E-state index in [2.05, 4.69) is 50.5 Å². The highest BCUT2D eigenvalue weighted by molar-refractivity contribution is 7.23. The Balaban J connectivity index is 0.000000274. The van der Waals surface area contributed by atoms with Crippen molar-refractivity contribution >= 4 is 49.1 Å². The van der Waals surface area contributed by atoms with Crippen LogP contribution in [-0.4, -0.2) is 44.3 Å². The number of carbonyl (C=O) groups is 4. The highest BCUT2D eigenvalue weighted by Gasteiger charge is 2.44. The fourth-order valence-electron chi connectivity index (χ4n) is 4.79. The van der Waals surface area contributed by atoms with E-state index in [0.717, 1.165) is 21.5 Å². The van der Waals surface area contributed by atoms with Crippen LogP contribution in [0, 0.1) is 10.8 Å². The molecule has 0 spiro atoms. The third-order valence-electron chi connectivity index (χ3n) is 8.94. The van der Waals surface area contributed by atoms with Gasteiger partial charge in [0.2, 0.25) is 5.78 Å². The van der Waals surface area contributed by atoms with Gasteiger partial charge in [-0.2, -0.15) is 0 Å². The first kappa shape index (κ1) is 42.0. The van der Waals surface area contributed by atoms with Crippen LogP contribution >= 0.6 is 0 Å². The molecule has 0 saturated carbocycles. The Morgan fingerprint density at radius 3 is 1.10 bits per heavy atom. The van der Waals surface area contributed by atoms with Gasteiger partial charge >= 0.3 is 5.97 Å². The van der Waals surface area contributed by atoms with Crippen LogP contribution in [0.4, 0.5) is 0 Å². The molecule has 0 heterocycles. The van der Waals surface area contributed by atoms with Gasteiger partial charge in [-0.1, -0.05) is 182 Å². The number of ether oxygens (including phenoxy) is 1. The summed E-state index contributed by atoms with van der Waals surface area (Å²) in [5.41, 5.74) is 0.0258. The van der Waals surface area contributed by atoms with Gasteiger partial charge in [-0.25, -0.2) is 4.79 Å². The molecular formula is C43H56O5Si2. The third kappa shape index (κ3) is 11.4. The number of ketones is 1. The topological polar surface area (TPSA) is 77.5 Å². The summed E-state index contributed by atoms with van der Waals surface area (Å²) >= 11 is 0. The van der Waals surface area contributed by atoms with Crippen molar-refractivity contribution in [3.8, 4) is 0 Å². The van der Waals surface area contributed by atoms with Gasteiger partial charge < -0.3 is 9.53 Å². The number of esters is 1. The van der Waals surface area contributed by atoms with Crippen LogP contribution in [0.2, 0.25) is 26.2 Å². The molecule has 4 rings (SSSR count). The predicted octanol–water partition coefficient (Wildman–Crippen LogP) is 9.02. The molecule has 0 unspecified atom stereocenters. The smallest absolute Gasteiger partial charge is 0.375 e. The molecule has 0 aliphatic carbocycles. The molecule has 7 heteroatoms. The first-order chi connectivity index (χ1) is 23.0. The van der Waals surface area contributed by atoms with Crippen molar-refractivity contribution in [3.63, 3.8) is 0 Å². The molecule has 0 atom stereocenters. The summed E-state index contributed by atoms with van der Waals surface area (Å²) < 4.78 is 5.09. The largest absolute Gasteiger partial charge is 0.454 e. The normalized spacial score (nSPS) is 11.9. The molecule has 0 saturated heterocycles. The van der Waals surface area contributed by atoms with Crippen molar-refractivity contribution in [2.24, 2.45) is 10.8 Å². The SMILES string of the molecule is CC(C)(C)OC(=O)C(=O)C(C)(C)C(C)(C)C.C[Si](C(=O)c1ccccc1)(c1ccccc1)c1ccccc1.C[Si](C)(C)C(=O)c1ccccc1. The van der Waals surface area contributed by atoms with Crippen molar-refractivity contribution in [2.75, 3.05) is 0 Å². The van der Waals surface area contributed by atoms with Crippen molar-refractivity contribution in [1.82, 2.24) is 0 Å². The molecule has 4 aromatic carbocycles. The maximum atomic E-state index is 13.3. The Morgan fingerprint density at radius 1 is 0.480 bits per heavy atom. The molecule has 0 aliphatic heterocycles. The monoisotopic (exact) mass is 708 g/mol. The lowest BCUT2D eigenvalue weighted by atomic mass is 9.67. The molecule has 0 radical (unpaired) electrons. The van der Waals surface area contributed by atoms with Crippen molar-refractivity contribution < 1.29 is 23.9 Å². The molecule has 0 N–H and O–H groups in total. The van der Waals surface area contributed by atoms with Crippen LogP contribution in [0.5, 0.6) is 0 Å². The number of benzene rings is 4. The van der Waals surface area contributed by atoms with Gasteiger partial charge in [-0.15, -0.1) is 0 Å². The molecule has 0 bridgehead atoms. The molecule has 0 aromatic heterocycles. The third-order valence-corrected chi connectivity index (χ3v) is 14.8. The van der Waals surface area contributed by atoms with E-state index in [0.29, 0.717) is 5.41 Å². The lowest BCUT2D eigenvalue weighted by Crippen LogP contribution is -2.62. The average molecular weight is 709 g/mol. The van der Waals surface area contributed by atoms with E-state index in [4.69, 9.17) is 4.74 Å². The minimum Gasteiger partial charge on any atom is -0.454 e. The standard InChI is InChI=1S/C20H18OSi.C13H24O3.C10H14OSi/c1-22(18-13-7-3-8-14-18,19-15-9-4-10-16-19)20(21)17-11-5-2-6-12-17;1-11(2,3)13(7,8)9(14)10(15)16-12(4,5)6;1-12(2,3)10(11)9-7-5-4-6-8-9/h2-16H,1H3;1-8H3;4-8H,1-3H3. The zero-order chi connectivity index (χ0) is 38.0. The van der Waals surface area contributed by atoms with Crippen molar-refractivity contribution in [3.05, 3.63) is 132 Å². The van der Waals surface area contributed by atoms with Gasteiger partial charge in [0.15, 0.2) is 13.5 Å². The fraction of sp³-hybridized carbons (Fsp3) is 0.349. The Hall–Kier alpha value is -4.21. The van der Waals surface area contributed by atoms with Crippen LogP contribution in [-0.2, 0) is 14.3 Å². The van der Waals surface area contributed by atoms with E-state index < -0.39 is 38.9 Å². The molecular weight excluding hydrogens is 653 g/mol. The van der Waals surface area contributed by atoms with Crippen molar-refractivity contribution in [2.45, 2.75) is 87.2 Å². The number of hydrogen-bond donors (Lipinski definition) is 0. The summed E-state index contributed by atoms with van der Waals surface area (Å²) in [5.74, 6) is -1.21. The van der Waals surface area contributed by atoms with Crippen LogP contribution in [0.1, 0.15) is 76.1 Å². The van der Waals surface area contributed by atoms with E-state index in [9.17, 15) is 19.2 Å². The predicted molar refractivity (Wildman–Crippen MR) is 213 cm³/mol. The summed E-state index contributed by atoms with van der Waals surface area (Å²) in [6.45, 7) is 23.0. The Labute approximate surface area is 302 Å². The number of carbonyl (C=O) groups excluding carboxylic acids is 4. The highest BCUT2D eigenvalue weighted by Crippen LogP contribution is 2.39. The lowest BCUT2D eigenvalue weighted by Gasteiger charge is -2.36. The quantitative estimate of drug-likeness (QED) is 0.104.